The number of anilines is 1. The predicted molar refractivity (Wildman–Crippen MR) is 64.8 cm³/mol. The van der Waals surface area contributed by atoms with Gasteiger partial charge in [0, 0.05) is 13.1 Å². The van der Waals surface area contributed by atoms with E-state index < -0.39 is 0 Å². The smallest absolute Gasteiger partial charge is 0.255 e. The SMILES string of the molecule is Nc1cccc(C(=O)N2CCNC(=O)C2)c1Cl. The van der Waals surface area contributed by atoms with Crippen molar-refractivity contribution in [3.63, 3.8) is 0 Å². The lowest BCUT2D eigenvalue weighted by atomic mass is 10.1. The van der Waals surface area contributed by atoms with Crippen molar-refractivity contribution in [2.24, 2.45) is 0 Å². The van der Waals surface area contributed by atoms with Crippen LogP contribution in [0.3, 0.4) is 0 Å². The largest absolute Gasteiger partial charge is 0.398 e. The van der Waals surface area contributed by atoms with Crippen molar-refractivity contribution in [2.75, 3.05) is 25.4 Å². The Bertz CT molecular complexity index is 476. The van der Waals surface area contributed by atoms with Crippen LogP contribution in [-0.4, -0.2) is 36.3 Å². The summed E-state index contributed by atoms with van der Waals surface area (Å²) in [5, 5.41) is 2.89. The van der Waals surface area contributed by atoms with Gasteiger partial charge in [-0.25, -0.2) is 0 Å². The minimum Gasteiger partial charge on any atom is -0.398 e. The van der Waals surface area contributed by atoms with E-state index in [4.69, 9.17) is 17.3 Å². The first-order valence-corrected chi connectivity index (χ1v) is 5.57. The van der Waals surface area contributed by atoms with E-state index in [0.29, 0.717) is 24.3 Å². The van der Waals surface area contributed by atoms with Gasteiger partial charge < -0.3 is 16.0 Å². The van der Waals surface area contributed by atoms with Gasteiger partial charge in [0.1, 0.15) is 0 Å². The van der Waals surface area contributed by atoms with Crippen LogP contribution in [0.15, 0.2) is 18.2 Å². The Kier molecular flexibility index (Phi) is 3.19. The average Bonchev–Trinajstić information content (AvgIpc) is 2.32. The molecule has 1 aliphatic rings. The Morgan fingerprint density at radius 3 is 2.94 bits per heavy atom. The number of nitrogen functional groups attached to an aromatic ring is 1. The van der Waals surface area contributed by atoms with E-state index >= 15 is 0 Å². The van der Waals surface area contributed by atoms with Crippen LogP contribution >= 0.6 is 11.6 Å². The number of carbonyl (C=O) groups is 2. The Morgan fingerprint density at radius 1 is 1.47 bits per heavy atom. The number of carbonyl (C=O) groups excluding carboxylic acids is 2. The zero-order valence-electron chi connectivity index (χ0n) is 9.07. The Labute approximate surface area is 104 Å². The molecule has 0 aliphatic carbocycles. The molecule has 1 aliphatic heterocycles. The van der Waals surface area contributed by atoms with Gasteiger partial charge in [0.25, 0.3) is 5.91 Å². The van der Waals surface area contributed by atoms with Crippen LogP contribution in [0.5, 0.6) is 0 Å². The van der Waals surface area contributed by atoms with Crippen LogP contribution in [0.2, 0.25) is 5.02 Å². The molecule has 6 heteroatoms. The van der Waals surface area contributed by atoms with Crippen molar-refractivity contribution in [1.29, 1.82) is 0 Å². The highest BCUT2D eigenvalue weighted by molar-refractivity contribution is 6.36. The molecule has 1 heterocycles. The van der Waals surface area contributed by atoms with Crippen LogP contribution in [-0.2, 0) is 4.79 Å². The van der Waals surface area contributed by atoms with Crippen LogP contribution in [0, 0.1) is 0 Å². The molecule has 17 heavy (non-hydrogen) atoms. The highest BCUT2D eigenvalue weighted by Gasteiger charge is 2.24. The first kappa shape index (κ1) is 11.7. The molecule has 2 rings (SSSR count). The fourth-order valence-corrected chi connectivity index (χ4v) is 1.90. The van der Waals surface area contributed by atoms with Gasteiger partial charge in [-0.05, 0) is 12.1 Å². The van der Waals surface area contributed by atoms with E-state index in [9.17, 15) is 9.59 Å². The molecule has 0 spiro atoms. The van der Waals surface area contributed by atoms with Crippen LogP contribution in [0.4, 0.5) is 5.69 Å². The summed E-state index contributed by atoms with van der Waals surface area (Å²) in [5.41, 5.74) is 6.33. The van der Waals surface area contributed by atoms with Gasteiger partial charge in [0.15, 0.2) is 0 Å². The average molecular weight is 254 g/mol. The van der Waals surface area contributed by atoms with Gasteiger partial charge in [-0.2, -0.15) is 0 Å². The van der Waals surface area contributed by atoms with Crippen molar-refractivity contribution >= 4 is 29.1 Å². The second-order valence-corrected chi connectivity index (χ2v) is 4.16. The van der Waals surface area contributed by atoms with E-state index in [1.165, 1.54) is 4.90 Å². The molecule has 1 fully saturated rings. The van der Waals surface area contributed by atoms with Crippen LogP contribution < -0.4 is 11.1 Å². The molecule has 90 valence electrons. The first-order chi connectivity index (χ1) is 8.09. The van der Waals surface area contributed by atoms with E-state index in [1.807, 2.05) is 0 Å². The molecule has 3 N–H and O–H groups in total. The zero-order chi connectivity index (χ0) is 12.4. The molecular formula is C11H12ClN3O2. The van der Waals surface area contributed by atoms with Gasteiger partial charge in [0.2, 0.25) is 5.91 Å². The summed E-state index contributed by atoms with van der Waals surface area (Å²) in [5.74, 6) is -0.429. The lowest BCUT2D eigenvalue weighted by Crippen LogP contribution is -2.50. The molecule has 0 radical (unpaired) electrons. The number of nitrogens with zero attached hydrogens (tertiary/aromatic N) is 1. The summed E-state index contributed by atoms with van der Waals surface area (Å²) in [6, 6.07) is 4.90. The topological polar surface area (TPSA) is 75.4 Å². The van der Waals surface area contributed by atoms with Crippen molar-refractivity contribution in [2.45, 2.75) is 0 Å². The standard InChI is InChI=1S/C11H12ClN3O2/c12-10-7(2-1-3-8(10)13)11(17)15-5-4-14-9(16)6-15/h1-3H,4-6,13H2,(H,14,16). The monoisotopic (exact) mass is 253 g/mol. The highest BCUT2D eigenvalue weighted by Crippen LogP contribution is 2.24. The van der Waals surface area contributed by atoms with Crippen LogP contribution in [0.1, 0.15) is 10.4 Å². The van der Waals surface area contributed by atoms with E-state index in [0.717, 1.165) is 0 Å². The van der Waals surface area contributed by atoms with E-state index in [-0.39, 0.29) is 23.4 Å². The maximum atomic E-state index is 12.1. The normalized spacial score (nSPS) is 15.6. The third kappa shape index (κ3) is 2.34. The maximum Gasteiger partial charge on any atom is 0.255 e. The number of amides is 2. The molecule has 0 atom stereocenters. The molecule has 0 aromatic heterocycles. The highest BCUT2D eigenvalue weighted by atomic mass is 35.5. The van der Waals surface area contributed by atoms with Crippen molar-refractivity contribution < 1.29 is 9.59 Å². The summed E-state index contributed by atoms with van der Waals surface area (Å²) in [6.45, 7) is 1.00. The molecular weight excluding hydrogens is 242 g/mol. The second-order valence-electron chi connectivity index (χ2n) is 3.79. The van der Waals surface area contributed by atoms with Crippen LogP contribution in [0.25, 0.3) is 0 Å². The lowest BCUT2D eigenvalue weighted by molar-refractivity contribution is -0.123. The molecule has 5 nitrogen and oxygen atoms in total. The predicted octanol–water partition coefficient (Wildman–Crippen LogP) is 0.494. The Morgan fingerprint density at radius 2 is 2.24 bits per heavy atom. The molecule has 2 amide bonds. The number of piperazine rings is 1. The summed E-state index contributed by atoms with van der Waals surface area (Å²) < 4.78 is 0. The fraction of sp³-hybridized carbons (Fsp3) is 0.273. The number of nitrogens with two attached hydrogens (primary N) is 1. The number of nitrogens with one attached hydrogen (secondary N) is 1. The van der Waals surface area contributed by atoms with Crippen molar-refractivity contribution in [3.05, 3.63) is 28.8 Å². The maximum absolute atomic E-state index is 12.1. The fourth-order valence-electron chi connectivity index (χ4n) is 1.70. The summed E-state index contributed by atoms with van der Waals surface area (Å²) >= 11 is 5.97. The third-order valence-corrected chi connectivity index (χ3v) is 3.01. The molecule has 1 aromatic rings. The minimum absolute atomic E-state index is 0.0595. The van der Waals surface area contributed by atoms with Gasteiger partial charge in [-0.3, -0.25) is 9.59 Å². The number of halogens is 1. The van der Waals surface area contributed by atoms with Crippen molar-refractivity contribution in [1.82, 2.24) is 10.2 Å². The Hall–Kier alpha value is -1.75. The quantitative estimate of drug-likeness (QED) is 0.716. The number of hydrogen-bond donors (Lipinski definition) is 2. The van der Waals surface area contributed by atoms with Gasteiger partial charge in [0.05, 0.1) is 22.8 Å². The van der Waals surface area contributed by atoms with Gasteiger partial charge >= 0.3 is 0 Å². The third-order valence-electron chi connectivity index (χ3n) is 2.58. The van der Waals surface area contributed by atoms with Gasteiger partial charge in [-0.15, -0.1) is 0 Å². The zero-order valence-corrected chi connectivity index (χ0v) is 9.83. The Balaban J connectivity index is 2.24. The molecule has 1 aromatic carbocycles. The lowest BCUT2D eigenvalue weighted by Gasteiger charge is -2.27. The molecule has 0 unspecified atom stereocenters. The number of rotatable bonds is 1. The first-order valence-electron chi connectivity index (χ1n) is 5.19. The second kappa shape index (κ2) is 4.63. The van der Waals surface area contributed by atoms with Crippen molar-refractivity contribution in [3.8, 4) is 0 Å². The van der Waals surface area contributed by atoms with Gasteiger partial charge in [-0.1, -0.05) is 17.7 Å². The molecule has 1 saturated heterocycles. The molecule has 0 saturated carbocycles. The number of hydrogen-bond acceptors (Lipinski definition) is 3. The van der Waals surface area contributed by atoms with E-state index in [2.05, 4.69) is 5.32 Å². The van der Waals surface area contributed by atoms with E-state index in [1.54, 1.807) is 18.2 Å². The summed E-state index contributed by atoms with van der Waals surface area (Å²) in [4.78, 5) is 24.8. The summed E-state index contributed by atoms with van der Waals surface area (Å²) in [6.07, 6.45) is 0. The summed E-state index contributed by atoms with van der Waals surface area (Å²) in [7, 11) is 0. The minimum atomic E-state index is -0.267. The molecule has 0 bridgehead atoms. The number of benzene rings is 1.